The van der Waals surface area contributed by atoms with E-state index in [0.717, 1.165) is 31.5 Å². The van der Waals surface area contributed by atoms with Crippen molar-refractivity contribution in [2.45, 2.75) is 30.7 Å². The zero-order chi connectivity index (χ0) is 13.4. The fourth-order valence-corrected chi connectivity index (χ4v) is 2.17. The van der Waals surface area contributed by atoms with Crippen molar-refractivity contribution < 1.29 is 8.42 Å². The third-order valence-corrected chi connectivity index (χ3v) is 3.70. The van der Waals surface area contributed by atoms with Crippen molar-refractivity contribution in [3.8, 4) is 6.07 Å². The number of hydrogen-bond acceptors (Lipinski definition) is 4. The molecule has 0 amide bonds. The molecule has 0 saturated carbocycles. The third kappa shape index (κ3) is 5.30. The first-order valence-corrected chi connectivity index (χ1v) is 7.80. The molecule has 0 radical (unpaired) electrons. The Bertz CT molecular complexity index is 501. The van der Waals surface area contributed by atoms with Crippen molar-refractivity contribution in [3.63, 3.8) is 0 Å². The largest absolute Gasteiger partial charge is 0.313 e. The summed E-state index contributed by atoms with van der Waals surface area (Å²) in [5.74, 6) is 0. The summed E-state index contributed by atoms with van der Waals surface area (Å²) in [5, 5.41) is 11.6. The molecule has 0 fully saturated rings. The number of benzene rings is 1. The van der Waals surface area contributed by atoms with Gasteiger partial charge in [-0.25, -0.2) is 8.42 Å². The SMILES string of the molecule is CS(=O)(=O)c1ccc(CNCCCCC#N)cc1. The molecule has 0 bridgehead atoms. The Morgan fingerprint density at radius 3 is 2.44 bits per heavy atom. The van der Waals surface area contributed by atoms with Crippen LogP contribution in [0.2, 0.25) is 0 Å². The molecular weight excluding hydrogens is 248 g/mol. The van der Waals surface area contributed by atoms with E-state index in [2.05, 4.69) is 11.4 Å². The quantitative estimate of drug-likeness (QED) is 0.765. The Hall–Kier alpha value is -1.38. The van der Waals surface area contributed by atoms with Crippen molar-refractivity contribution in [1.82, 2.24) is 5.32 Å². The molecule has 5 heteroatoms. The van der Waals surface area contributed by atoms with E-state index in [4.69, 9.17) is 5.26 Å². The summed E-state index contributed by atoms with van der Waals surface area (Å²) in [6.07, 6.45) is 3.70. The number of rotatable bonds is 7. The van der Waals surface area contributed by atoms with Crippen LogP contribution in [0.1, 0.15) is 24.8 Å². The predicted molar refractivity (Wildman–Crippen MR) is 70.7 cm³/mol. The molecule has 0 aliphatic rings. The molecule has 4 nitrogen and oxygen atoms in total. The number of hydrogen-bond donors (Lipinski definition) is 1. The Morgan fingerprint density at radius 2 is 1.89 bits per heavy atom. The first kappa shape index (κ1) is 14.7. The van der Waals surface area contributed by atoms with Gasteiger partial charge in [-0.05, 0) is 37.1 Å². The first-order chi connectivity index (χ1) is 8.54. The summed E-state index contributed by atoms with van der Waals surface area (Å²) in [5.41, 5.74) is 1.06. The summed E-state index contributed by atoms with van der Waals surface area (Å²) >= 11 is 0. The van der Waals surface area contributed by atoms with Crippen LogP contribution in [0.5, 0.6) is 0 Å². The molecule has 0 aliphatic carbocycles. The molecular formula is C13H18N2O2S. The maximum absolute atomic E-state index is 11.3. The molecule has 1 aromatic carbocycles. The normalized spacial score (nSPS) is 11.1. The van der Waals surface area contributed by atoms with Crippen LogP contribution in [0.25, 0.3) is 0 Å². The van der Waals surface area contributed by atoms with Gasteiger partial charge < -0.3 is 5.32 Å². The number of nitrogens with zero attached hydrogens (tertiary/aromatic N) is 1. The first-order valence-electron chi connectivity index (χ1n) is 5.90. The van der Waals surface area contributed by atoms with Crippen LogP contribution in [0, 0.1) is 11.3 Å². The second-order valence-corrected chi connectivity index (χ2v) is 6.22. The minimum atomic E-state index is -3.11. The van der Waals surface area contributed by atoms with Gasteiger partial charge in [0.2, 0.25) is 0 Å². The van der Waals surface area contributed by atoms with Gasteiger partial charge in [-0.1, -0.05) is 12.1 Å². The average molecular weight is 266 g/mol. The van der Waals surface area contributed by atoms with Crippen LogP contribution in [0.4, 0.5) is 0 Å². The summed E-state index contributed by atoms with van der Waals surface area (Å²) in [7, 11) is -3.11. The number of unbranched alkanes of at least 4 members (excludes halogenated alkanes) is 2. The molecule has 0 aliphatic heterocycles. The van der Waals surface area contributed by atoms with Gasteiger partial charge in [0.15, 0.2) is 9.84 Å². The van der Waals surface area contributed by atoms with Gasteiger partial charge in [-0.3, -0.25) is 0 Å². The van der Waals surface area contributed by atoms with Crippen molar-refractivity contribution in [3.05, 3.63) is 29.8 Å². The van der Waals surface area contributed by atoms with Crippen LogP contribution < -0.4 is 5.32 Å². The van der Waals surface area contributed by atoms with Crippen molar-refractivity contribution in [2.24, 2.45) is 0 Å². The highest BCUT2D eigenvalue weighted by Gasteiger charge is 2.05. The van der Waals surface area contributed by atoms with Crippen LogP contribution >= 0.6 is 0 Å². The molecule has 1 aromatic rings. The minimum Gasteiger partial charge on any atom is -0.313 e. The minimum absolute atomic E-state index is 0.347. The molecule has 1 rings (SSSR count). The zero-order valence-electron chi connectivity index (χ0n) is 10.5. The lowest BCUT2D eigenvalue weighted by atomic mass is 10.2. The van der Waals surface area contributed by atoms with Gasteiger partial charge in [0.05, 0.1) is 11.0 Å². The van der Waals surface area contributed by atoms with E-state index in [1.165, 1.54) is 6.26 Å². The Kier molecular flexibility index (Phi) is 5.83. The highest BCUT2D eigenvalue weighted by molar-refractivity contribution is 7.90. The van der Waals surface area contributed by atoms with E-state index in [1.54, 1.807) is 12.1 Å². The molecule has 0 aromatic heterocycles. The Morgan fingerprint density at radius 1 is 1.22 bits per heavy atom. The standard InChI is InChI=1S/C13H18N2O2S/c1-18(16,17)13-7-5-12(6-8-13)11-15-10-4-2-3-9-14/h5-8,15H,2-4,10-11H2,1H3. The third-order valence-electron chi connectivity index (χ3n) is 2.57. The highest BCUT2D eigenvalue weighted by atomic mass is 32.2. The molecule has 0 atom stereocenters. The molecule has 0 saturated heterocycles. The van der Waals surface area contributed by atoms with E-state index in [-0.39, 0.29) is 0 Å². The van der Waals surface area contributed by atoms with Crippen molar-refractivity contribution in [2.75, 3.05) is 12.8 Å². The molecule has 0 heterocycles. The van der Waals surface area contributed by atoms with Gasteiger partial charge in [0, 0.05) is 19.2 Å². The topological polar surface area (TPSA) is 70.0 Å². The highest BCUT2D eigenvalue weighted by Crippen LogP contribution is 2.10. The second kappa shape index (κ2) is 7.14. The van der Waals surface area contributed by atoms with Gasteiger partial charge in [0.25, 0.3) is 0 Å². The van der Waals surface area contributed by atoms with E-state index in [0.29, 0.717) is 11.3 Å². The van der Waals surface area contributed by atoms with E-state index < -0.39 is 9.84 Å². The number of nitrogens with one attached hydrogen (secondary N) is 1. The smallest absolute Gasteiger partial charge is 0.175 e. The summed E-state index contributed by atoms with van der Waals surface area (Å²) in [4.78, 5) is 0.347. The Labute approximate surface area is 109 Å². The summed E-state index contributed by atoms with van der Waals surface area (Å²) < 4.78 is 22.5. The van der Waals surface area contributed by atoms with Gasteiger partial charge >= 0.3 is 0 Å². The van der Waals surface area contributed by atoms with E-state index >= 15 is 0 Å². The van der Waals surface area contributed by atoms with Crippen LogP contribution in [-0.4, -0.2) is 21.2 Å². The van der Waals surface area contributed by atoms with Gasteiger partial charge in [0.1, 0.15) is 0 Å². The monoisotopic (exact) mass is 266 g/mol. The van der Waals surface area contributed by atoms with E-state index in [1.807, 2.05) is 12.1 Å². The molecule has 98 valence electrons. The predicted octanol–water partition coefficient (Wildman–Crippen LogP) is 1.87. The fraction of sp³-hybridized carbons (Fsp3) is 0.462. The van der Waals surface area contributed by atoms with Crippen molar-refractivity contribution in [1.29, 1.82) is 5.26 Å². The number of sulfone groups is 1. The lowest BCUT2D eigenvalue weighted by molar-refractivity contribution is 0.601. The van der Waals surface area contributed by atoms with Crippen LogP contribution in [0.15, 0.2) is 29.2 Å². The maximum atomic E-state index is 11.3. The number of nitriles is 1. The van der Waals surface area contributed by atoms with Crippen molar-refractivity contribution >= 4 is 9.84 Å². The molecule has 0 unspecified atom stereocenters. The molecule has 0 spiro atoms. The van der Waals surface area contributed by atoms with Gasteiger partial charge in [-0.2, -0.15) is 5.26 Å². The second-order valence-electron chi connectivity index (χ2n) is 4.21. The lowest BCUT2D eigenvalue weighted by Gasteiger charge is -2.05. The summed E-state index contributed by atoms with van der Waals surface area (Å²) in [6, 6.07) is 9.00. The lowest BCUT2D eigenvalue weighted by Crippen LogP contribution is -2.14. The summed E-state index contributed by atoms with van der Waals surface area (Å²) in [6.45, 7) is 1.59. The van der Waals surface area contributed by atoms with Crippen LogP contribution in [0.3, 0.4) is 0 Å². The molecule has 1 N–H and O–H groups in total. The van der Waals surface area contributed by atoms with E-state index in [9.17, 15) is 8.42 Å². The Balaban J connectivity index is 2.34. The average Bonchev–Trinajstić information content (AvgIpc) is 2.33. The zero-order valence-corrected chi connectivity index (χ0v) is 11.3. The maximum Gasteiger partial charge on any atom is 0.175 e. The molecule has 18 heavy (non-hydrogen) atoms. The van der Waals surface area contributed by atoms with Crippen LogP contribution in [-0.2, 0) is 16.4 Å². The fourth-order valence-electron chi connectivity index (χ4n) is 1.54. The van der Waals surface area contributed by atoms with Gasteiger partial charge in [-0.15, -0.1) is 0 Å².